The fourth-order valence-corrected chi connectivity index (χ4v) is 5.59. The predicted molar refractivity (Wildman–Crippen MR) is 158 cm³/mol. The van der Waals surface area contributed by atoms with E-state index in [4.69, 9.17) is 9.72 Å². The summed E-state index contributed by atoms with van der Waals surface area (Å²) in [4.78, 5) is 23.6. The van der Waals surface area contributed by atoms with E-state index in [1.807, 2.05) is 60.7 Å². The maximum atomic E-state index is 12.1. The number of fused-ring (bicyclic) bond motifs is 2. The van der Waals surface area contributed by atoms with Crippen LogP contribution >= 0.6 is 8.46 Å². The summed E-state index contributed by atoms with van der Waals surface area (Å²) in [6, 6.07) is 13.8. The minimum Gasteiger partial charge on any atom is -0.377 e. The molecule has 6 aromatic rings. The van der Waals surface area contributed by atoms with Gasteiger partial charge in [-0.2, -0.15) is 15.1 Å². The number of aromatic nitrogens is 7. The van der Waals surface area contributed by atoms with E-state index in [1.54, 1.807) is 12.4 Å². The molecule has 1 saturated heterocycles. The third-order valence-corrected chi connectivity index (χ3v) is 7.70. The van der Waals surface area contributed by atoms with Gasteiger partial charge in [0.25, 0.3) is 0 Å². The summed E-state index contributed by atoms with van der Waals surface area (Å²) in [6.07, 6.45) is 8.93. The molecule has 12 nitrogen and oxygen atoms in total. The van der Waals surface area contributed by atoms with Crippen LogP contribution in [0.3, 0.4) is 0 Å². The Kier molecular flexibility index (Phi) is 6.46. The van der Waals surface area contributed by atoms with Crippen LogP contribution in [0, 0.1) is 0 Å². The zero-order chi connectivity index (χ0) is 27.8. The summed E-state index contributed by atoms with van der Waals surface area (Å²) in [5, 5.41) is 12.3. The molecule has 1 aliphatic rings. The molecule has 5 heterocycles. The van der Waals surface area contributed by atoms with Gasteiger partial charge in [0.15, 0.2) is 8.46 Å². The highest BCUT2D eigenvalue weighted by Crippen LogP contribution is 2.32. The average molecular weight is 565 g/mol. The number of ether oxygens (including phenoxy) is 1. The Hall–Kier alpha value is -4.93. The van der Waals surface area contributed by atoms with Crippen molar-refractivity contribution in [3.63, 3.8) is 0 Å². The third-order valence-electron chi connectivity index (χ3n) is 7.07. The molecule has 1 unspecified atom stereocenters. The highest BCUT2D eigenvalue weighted by atomic mass is 31.1. The number of hydrogen-bond donors (Lipinski definition) is 3. The quantitative estimate of drug-likeness (QED) is 0.236. The SMILES string of the molecule is Cn1cc(C2COCCN2c2ccc(Nc3nc(Nc4ccc5nccnc5c4P=O)c4cc[nH]c4n3)cc2)cn1. The molecule has 0 radical (unpaired) electrons. The Morgan fingerprint density at radius 2 is 1.93 bits per heavy atom. The number of hydrogen-bond acceptors (Lipinski definition) is 10. The number of aryl methyl sites for hydroxylation is 1. The van der Waals surface area contributed by atoms with Crippen molar-refractivity contribution in [1.82, 2.24) is 34.7 Å². The van der Waals surface area contributed by atoms with Crippen LogP contribution in [-0.2, 0) is 16.3 Å². The van der Waals surface area contributed by atoms with Crippen LogP contribution in [0.1, 0.15) is 11.6 Å². The van der Waals surface area contributed by atoms with Gasteiger partial charge in [0.2, 0.25) is 5.95 Å². The fourth-order valence-electron chi connectivity index (χ4n) is 5.10. The van der Waals surface area contributed by atoms with Crippen LogP contribution in [0.2, 0.25) is 0 Å². The lowest BCUT2D eigenvalue weighted by molar-refractivity contribution is 0.0941. The molecular formula is C28H25N10O2P. The minimum absolute atomic E-state index is 0.1000. The van der Waals surface area contributed by atoms with Crippen LogP contribution in [0.5, 0.6) is 0 Å². The van der Waals surface area contributed by atoms with Gasteiger partial charge >= 0.3 is 0 Å². The topological polar surface area (TPSA) is 139 Å². The van der Waals surface area contributed by atoms with Crippen molar-refractivity contribution in [2.45, 2.75) is 6.04 Å². The summed E-state index contributed by atoms with van der Waals surface area (Å²) in [5.74, 6) is 0.979. The molecule has 0 amide bonds. The van der Waals surface area contributed by atoms with Crippen molar-refractivity contribution in [3.8, 4) is 0 Å². The summed E-state index contributed by atoms with van der Waals surface area (Å²) < 4.78 is 19.7. The number of H-pyrrole nitrogens is 1. The normalized spacial score (nSPS) is 15.5. The van der Waals surface area contributed by atoms with E-state index in [-0.39, 0.29) is 14.5 Å². The van der Waals surface area contributed by atoms with Crippen molar-refractivity contribution < 1.29 is 9.30 Å². The molecule has 7 rings (SSSR count). The first-order valence-corrected chi connectivity index (χ1v) is 13.9. The van der Waals surface area contributed by atoms with Gasteiger partial charge in [-0.3, -0.25) is 19.2 Å². The number of morpholine rings is 1. The number of nitrogens with one attached hydrogen (secondary N) is 3. The lowest BCUT2D eigenvalue weighted by atomic mass is 10.1. The predicted octanol–water partition coefficient (Wildman–Crippen LogP) is 4.62. The lowest BCUT2D eigenvalue weighted by Gasteiger charge is -2.37. The number of anilines is 5. The molecule has 0 spiro atoms. The van der Waals surface area contributed by atoms with Gasteiger partial charge in [-0.1, -0.05) is 0 Å². The van der Waals surface area contributed by atoms with Gasteiger partial charge in [0.05, 0.1) is 47.3 Å². The van der Waals surface area contributed by atoms with Crippen LogP contribution in [0.15, 0.2) is 73.4 Å². The lowest BCUT2D eigenvalue weighted by Crippen LogP contribution is -2.39. The minimum atomic E-state index is -0.171. The van der Waals surface area contributed by atoms with Gasteiger partial charge in [-0.15, -0.1) is 0 Å². The number of benzene rings is 2. The molecule has 4 aromatic heterocycles. The third kappa shape index (κ3) is 4.83. The zero-order valence-electron chi connectivity index (χ0n) is 22.0. The standard InChI is InChI=1S/C28H25N10O2P/c1-37-15-17(14-32-37)23-16-40-13-12-38(23)19-4-2-18(3-5-19)33-28-35-26-20(8-9-31-26)27(36-28)34-22-7-6-21-24(25(22)41-39)30-11-10-29-21/h2-11,14-15,23H,12-13,16H2,1H3,(H3,31,33,34,35,36). The van der Waals surface area contributed by atoms with Crippen LogP contribution in [0.4, 0.5) is 28.8 Å². The average Bonchev–Trinajstić information content (AvgIpc) is 3.67. The Balaban J connectivity index is 1.16. The highest BCUT2D eigenvalue weighted by Gasteiger charge is 2.26. The highest BCUT2D eigenvalue weighted by molar-refractivity contribution is 7.35. The van der Waals surface area contributed by atoms with E-state index >= 15 is 0 Å². The van der Waals surface area contributed by atoms with E-state index in [9.17, 15) is 4.57 Å². The van der Waals surface area contributed by atoms with Gasteiger partial charge < -0.3 is 25.3 Å². The molecule has 3 N–H and O–H groups in total. The Bertz CT molecular complexity index is 1870. The smallest absolute Gasteiger partial charge is 0.231 e. The second-order valence-electron chi connectivity index (χ2n) is 9.64. The first-order chi connectivity index (χ1) is 20.2. The molecule has 0 saturated carbocycles. The van der Waals surface area contributed by atoms with Crippen molar-refractivity contribution in [2.75, 3.05) is 35.3 Å². The summed E-state index contributed by atoms with van der Waals surface area (Å²) in [7, 11) is 1.75. The number of nitrogens with zero attached hydrogens (tertiary/aromatic N) is 7. The largest absolute Gasteiger partial charge is 0.377 e. The van der Waals surface area contributed by atoms with Crippen LogP contribution in [0.25, 0.3) is 22.1 Å². The van der Waals surface area contributed by atoms with E-state index in [0.29, 0.717) is 52.7 Å². The van der Waals surface area contributed by atoms with Crippen LogP contribution in [-0.4, -0.2) is 54.5 Å². The molecular weight excluding hydrogens is 539 g/mol. The van der Waals surface area contributed by atoms with E-state index in [0.717, 1.165) is 28.9 Å². The molecule has 0 bridgehead atoms. The number of aromatic amines is 1. The van der Waals surface area contributed by atoms with E-state index < -0.39 is 0 Å². The fraction of sp³-hybridized carbons (Fsp3) is 0.179. The molecule has 13 heteroatoms. The maximum Gasteiger partial charge on any atom is 0.231 e. The van der Waals surface area contributed by atoms with Crippen LogP contribution < -0.4 is 20.8 Å². The van der Waals surface area contributed by atoms with Gasteiger partial charge in [0, 0.05) is 55.3 Å². The Morgan fingerprint density at radius 1 is 1.05 bits per heavy atom. The number of rotatable bonds is 7. The van der Waals surface area contributed by atoms with Gasteiger partial charge in [-0.05, 0) is 42.5 Å². The molecule has 0 aliphatic carbocycles. The second kappa shape index (κ2) is 10.6. The first-order valence-electron chi connectivity index (χ1n) is 13.1. The Labute approximate surface area is 236 Å². The summed E-state index contributed by atoms with van der Waals surface area (Å²) in [5.41, 5.74) is 5.59. The molecule has 204 valence electrons. The second-order valence-corrected chi connectivity index (χ2v) is 10.3. The Morgan fingerprint density at radius 3 is 2.76 bits per heavy atom. The maximum absolute atomic E-state index is 12.1. The van der Waals surface area contributed by atoms with Crippen molar-refractivity contribution in [2.24, 2.45) is 7.05 Å². The monoisotopic (exact) mass is 564 g/mol. The van der Waals surface area contributed by atoms with E-state index in [1.165, 1.54) is 0 Å². The van der Waals surface area contributed by atoms with Gasteiger partial charge in [-0.25, -0.2) is 0 Å². The van der Waals surface area contributed by atoms with Gasteiger partial charge in [0.1, 0.15) is 17.0 Å². The zero-order valence-corrected chi connectivity index (χ0v) is 22.9. The summed E-state index contributed by atoms with van der Waals surface area (Å²) in [6.45, 7) is 2.08. The molecule has 41 heavy (non-hydrogen) atoms. The summed E-state index contributed by atoms with van der Waals surface area (Å²) >= 11 is 0. The van der Waals surface area contributed by atoms with Crippen molar-refractivity contribution >= 4 is 64.7 Å². The van der Waals surface area contributed by atoms with Crippen molar-refractivity contribution in [1.29, 1.82) is 0 Å². The van der Waals surface area contributed by atoms with E-state index in [2.05, 4.69) is 52.7 Å². The molecule has 1 aliphatic heterocycles. The molecule has 2 aromatic carbocycles. The first kappa shape index (κ1) is 25.1. The molecule has 1 fully saturated rings. The van der Waals surface area contributed by atoms with Crippen molar-refractivity contribution in [3.05, 3.63) is 79.0 Å². The molecule has 1 atom stereocenters.